The zero-order valence-corrected chi connectivity index (χ0v) is 17.3. The number of ketones is 1. The van der Waals surface area contributed by atoms with E-state index in [2.05, 4.69) is 0 Å². The maximum Gasteiger partial charge on any atom is 0.295 e. The number of carbonyl (C=O) groups excluding carboxylic acids is 2. The zero-order valence-electron chi connectivity index (χ0n) is 17.3. The van der Waals surface area contributed by atoms with Crippen LogP contribution in [0.4, 0.5) is 5.69 Å². The lowest BCUT2D eigenvalue weighted by molar-refractivity contribution is -0.384. The molecule has 168 valence electrons. The van der Waals surface area contributed by atoms with Crippen LogP contribution >= 0.6 is 0 Å². The molecule has 10 nitrogen and oxygen atoms in total. The number of ether oxygens (including phenoxy) is 2. The predicted octanol–water partition coefficient (Wildman–Crippen LogP) is 2.03. The van der Waals surface area contributed by atoms with Crippen LogP contribution in [0, 0.1) is 10.1 Å². The summed E-state index contributed by atoms with van der Waals surface area (Å²) >= 11 is 0. The number of likely N-dealkylation sites (tertiary alicyclic amines) is 1. The number of Topliss-reactive ketones (excluding diaryl/α,β-unsaturated/α-hetero) is 1. The summed E-state index contributed by atoms with van der Waals surface area (Å²) in [6.07, 6.45) is 0. The zero-order chi connectivity index (χ0) is 23.3. The normalized spacial score (nSPS) is 17.6. The van der Waals surface area contributed by atoms with Gasteiger partial charge < -0.3 is 24.6 Å². The Balaban J connectivity index is 2.14. The Labute approximate surface area is 183 Å². The van der Waals surface area contributed by atoms with Gasteiger partial charge >= 0.3 is 0 Å². The molecule has 3 rings (SSSR count). The Morgan fingerprint density at radius 1 is 1.16 bits per heavy atom. The van der Waals surface area contributed by atoms with Crippen LogP contribution < -0.4 is 4.74 Å². The minimum absolute atomic E-state index is 0.0129. The van der Waals surface area contributed by atoms with Crippen molar-refractivity contribution in [1.82, 2.24) is 4.90 Å². The fourth-order valence-electron chi connectivity index (χ4n) is 3.58. The number of aliphatic hydroxyl groups excluding tert-OH is 2. The minimum Gasteiger partial charge on any atom is -0.507 e. The van der Waals surface area contributed by atoms with Gasteiger partial charge in [-0.1, -0.05) is 30.3 Å². The molecular weight excluding hydrogens is 420 g/mol. The first-order valence-corrected chi connectivity index (χ1v) is 9.75. The summed E-state index contributed by atoms with van der Waals surface area (Å²) in [6, 6.07) is 10.9. The summed E-state index contributed by atoms with van der Waals surface area (Å²) in [5.74, 6) is -1.90. The molecule has 1 fully saturated rings. The van der Waals surface area contributed by atoms with Gasteiger partial charge in [0.25, 0.3) is 17.4 Å². The molecule has 1 amide bonds. The average molecular weight is 442 g/mol. The molecule has 0 aliphatic carbocycles. The maximum absolute atomic E-state index is 13.0. The van der Waals surface area contributed by atoms with E-state index in [0.717, 1.165) is 6.07 Å². The van der Waals surface area contributed by atoms with E-state index < -0.39 is 28.4 Å². The predicted molar refractivity (Wildman–Crippen MR) is 113 cm³/mol. The van der Waals surface area contributed by atoms with Crippen molar-refractivity contribution in [3.8, 4) is 5.75 Å². The van der Waals surface area contributed by atoms with Crippen molar-refractivity contribution in [1.29, 1.82) is 0 Å². The van der Waals surface area contributed by atoms with Crippen LogP contribution in [0.5, 0.6) is 5.75 Å². The highest BCUT2D eigenvalue weighted by molar-refractivity contribution is 6.46. The average Bonchev–Trinajstić information content (AvgIpc) is 3.06. The number of para-hydroxylation sites is 1. The van der Waals surface area contributed by atoms with Gasteiger partial charge in [0.2, 0.25) is 0 Å². The van der Waals surface area contributed by atoms with Crippen LogP contribution in [0.25, 0.3) is 5.76 Å². The van der Waals surface area contributed by atoms with Crippen molar-refractivity contribution in [3.05, 3.63) is 75.3 Å². The molecule has 2 aromatic carbocycles. The second kappa shape index (κ2) is 10.0. The van der Waals surface area contributed by atoms with Crippen LogP contribution in [0.15, 0.2) is 54.1 Å². The fourth-order valence-corrected chi connectivity index (χ4v) is 3.58. The number of carbonyl (C=O) groups is 2. The highest BCUT2D eigenvalue weighted by Crippen LogP contribution is 2.42. The number of hydrogen-bond acceptors (Lipinski definition) is 8. The Hall–Kier alpha value is -3.76. The van der Waals surface area contributed by atoms with E-state index in [1.165, 1.54) is 30.2 Å². The largest absolute Gasteiger partial charge is 0.507 e. The molecule has 1 saturated heterocycles. The van der Waals surface area contributed by atoms with Crippen molar-refractivity contribution < 1.29 is 34.2 Å². The van der Waals surface area contributed by atoms with E-state index in [1.54, 1.807) is 24.3 Å². The summed E-state index contributed by atoms with van der Waals surface area (Å²) < 4.78 is 10.6. The van der Waals surface area contributed by atoms with Gasteiger partial charge in [0.05, 0.1) is 43.5 Å². The first-order chi connectivity index (χ1) is 15.4. The van der Waals surface area contributed by atoms with Gasteiger partial charge in [-0.3, -0.25) is 19.7 Å². The molecular formula is C22H22N2O8. The molecule has 1 heterocycles. The summed E-state index contributed by atoms with van der Waals surface area (Å²) in [6.45, 7) is -0.0619. The second-order valence-electron chi connectivity index (χ2n) is 6.88. The standard InChI is InChI=1S/C22H22N2O8/c1-31-17-8-3-2-7-16(17)19-18(20(26)14-5-4-6-15(13-14)24(29)30)21(27)22(28)23(19)9-11-32-12-10-25/h2-8,13,19,25-26H,9-12H2,1H3/b20-18+/t19-/m1/s1. The molecule has 1 aliphatic heterocycles. The first-order valence-electron chi connectivity index (χ1n) is 9.75. The molecule has 0 saturated carbocycles. The molecule has 0 unspecified atom stereocenters. The first kappa shape index (κ1) is 22.9. The summed E-state index contributed by atoms with van der Waals surface area (Å²) in [5.41, 5.74) is 0.0219. The van der Waals surface area contributed by atoms with Crippen molar-refractivity contribution in [3.63, 3.8) is 0 Å². The van der Waals surface area contributed by atoms with Gasteiger partial charge in [0.1, 0.15) is 11.5 Å². The van der Waals surface area contributed by atoms with Gasteiger partial charge in [-0.25, -0.2) is 0 Å². The number of nitro benzene ring substituents is 1. The Morgan fingerprint density at radius 2 is 1.91 bits per heavy atom. The lowest BCUT2D eigenvalue weighted by Gasteiger charge is -2.26. The number of aliphatic hydroxyl groups is 2. The third-order valence-corrected chi connectivity index (χ3v) is 5.02. The number of methoxy groups -OCH3 is 1. The van der Waals surface area contributed by atoms with Crippen LogP contribution in [0.3, 0.4) is 0 Å². The number of benzene rings is 2. The Kier molecular flexibility index (Phi) is 7.18. The molecule has 0 spiro atoms. The van der Waals surface area contributed by atoms with Gasteiger partial charge in [0, 0.05) is 29.8 Å². The van der Waals surface area contributed by atoms with Crippen LogP contribution in [0.2, 0.25) is 0 Å². The van der Waals surface area contributed by atoms with E-state index in [9.17, 15) is 24.8 Å². The summed E-state index contributed by atoms with van der Waals surface area (Å²) in [5, 5.41) is 31.0. The van der Waals surface area contributed by atoms with Gasteiger partial charge in [-0.15, -0.1) is 0 Å². The molecule has 1 aliphatic rings. The van der Waals surface area contributed by atoms with Gasteiger partial charge in [-0.2, -0.15) is 0 Å². The third-order valence-electron chi connectivity index (χ3n) is 5.02. The molecule has 10 heteroatoms. The monoisotopic (exact) mass is 442 g/mol. The summed E-state index contributed by atoms with van der Waals surface area (Å²) in [4.78, 5) is 37.6. The highest BCUT2D eigenvalue weighted by atomic mass is 16.6. The van der Waals surface area contributed by atoms with Crippen molar-refractivity contribution >= 4 is 23.1 Å². The fraction of sp³-hybridized carbons (Fsp3) is 0.273. The minimum atomic E-state index is -0.997. The van der Waals surface area contributed by atoms with Crippen LogP contribution in [0.1, 0.15) is 17.2 Å². The maximum atomic E-state index is 13.0. The Bertz CT molecular complexity index is 1070. The third kappa shape index (κ3) is 4.46. The van der Waals surface area contributed by atoms with Crippen LogP contribution in [-0.4, -0.2) is 65.2 Å². The lowest BCUT2D eigenvalue weighted by atomic mass is 9.94. The molecule has 0 radical (unpaired) electrons. The quantitative estimate of drug-likeness (QED) is 0.150. The SMILES string of the molecule is COc1ccccc1[C@@H]1/C(=C(\O)c2cccc([N+](=O)[O-])c2)C(=O)C(=O)N1CCOCCO. The molecule has 1 atom stereocenters. The number of rotatable bonds is 9. The molecule has 2 aromatic rings. The van der Waals surface area contributed by atoms with Crippen molar-refractivity contribution in [2.24, 2.45) is 0 Å². The number of non-ortho nitro benzene ring substituents is 1. The van der Waals surface area contributed by atoms with Crippen molar-refractivity contribution in [2.45, 2.75) is 6.04 Å². The summed E-state index contributed by atoms with van der Waals surface area (Å²) in [7, 11) is 1.44. The number of nitrogens with zero attached hydrogens (tertiary/aromatic N) is 2. The second-order valence-corrected chi connectivity index (χ2v) is 6.88. The number of amides is 1. The van der Waals surface area contributed by atoms with Gasteiger partial charge in [0.15, 0.2) is 0 Å². The number of nitro groups is 1. The van der Waals surface area contributed by atoms with Crippen molar-refractivity contribution in [2.75, 3.05) is 33.5 Å². The lowest BCUT2D eigenvalue weighted by Crippen LogP contribution is -2.33. The highest BCUT2D eigenvalue weighted by Gasteiger charge is 2.46. The smallest absolute Gasteiger partial charge is 0.295 e. The molecule has 0 aromatic heterocycles. The Morgan fingerprint density at radius 3 is 2.59 bits per heavy atom. The molecule has 2 N–H and O–H groups in total. The van der Waals surface area contributed by atoms with E-state index in [1.807, 2.05) is 0 Å². The van der Waals surface area contributed by atoms with Crippen LogP contribution in [-0.2, 0) is 14.3 Å². The number of hydrogen-bond donors (Lipinski definition) is 2. The van der Waals surface area contributed by atoms with E-state index in [4.69, 9.17) is 14.6 Å². The molecule has 32 heavy (non-hydrogen) atoms. The van der Waals surface area contributed by atoms with E-state index in [-0.39, 0.29) is 43.2 Å². The van der Waals surface area contributed by atoms with Gasteiger partial charge in [-0.05, 0) is 6.07 Å². The topological polar surface area (TPSA) is 139 Å². The van der Waals surface area contributed by atoms with E-state index in [0.29, 0.717) is 11.3 Å². The van der Waals surface area contributed by atoms with E-state index >= 15 is 0 Å². The molecule has 0 bridgehead atoms.